The van der Waals surface area contributed by atoms with Crippen molar-refractivity contribution in [2.24, 2.45) is 29.4 Å². The molecule has 3 rings (SSSR count). The Kier molecular flexibility index (Phi) is 7.18. The minimum Gasteiger partial charge on any atom is -0.381 e. The van der Waals surface area contributed by atoms with Gasteiger partial charge in [-0.05, 0) is 62.7 Å². The molecular weight excluding hydrogens is 312 g/mol. The van der Waals surface area contributed by atoms with E-state index in [4.69, 9.17) is 10.5 Å². The molecule has 5 heteroatoms. The van der Waals surface area contributed by atoms with Gasteiger partial charge in [0.1, 0.15) is 0 Å². The average molecular weight is 345 g/mol. The molecule has 1 amide bonds. The van der Waals surface area contributed by atoms with Crippen LogP contribution in [0.25, 0.3) is 0 Å². The standard InChI is InChI=1S/C18H32N2O2.ClH/c1-20(8-5-13-6-9-22-10-7-13)18(21)16-11-14-3-2-4-15(12-16)17(14)19;/h13-17H,2-12,19H2,1H3;1H. The Morgan fingerprint density at radius 1 is 1.13 bits per heavy atom. The summed E-state index contributed by atoms with van der Waals surface area (Å²) in [5.41, 5.74) is 6.34. The molecule has 0 spiro atoms. The van der Waals surface area contributed by atoms with Gasteiger partial charge in [0.25, 0.3) is 0 Å². The first-order valence-corrected chi connectivity index (χ1v) is 9.23. The minimum absolute atomic E-state index is 0. The monoisotopic (exact) mass is 344 g/mol. The third-order valence-corrected chi connectivity index (χ3v) is 6.35. The van der Waals surface area contributed by atoms with Gasteiger partial charge in [-0.15, -0.1) is 12.4 Å². The lowest BCUT2D eigenvalue weighted by molar-refractivity contribution is -0.137. The number of amides is 1. The van der Waals surface area contributed by atoms with Crippen LogP contribution < -0.4 is 5.73 Å². The fourth-order valence-corrected chi connectivity index (χ4v) is 4.82. The number of nitrogens with two attached hydrogens (primary N) is 1. The Bertz CT molecular complexity index is 373. The van der Waals surface area contributed by atoms with Crippen molar-refractivity contribution in [2.75, 3.05) is 26.8 Å². The molecule has 2 unspecified atom stereocenters. The highest BCUT2D eigenvalue weighted by atomic mass is 35.5. The van der Waals surface area contributed by atoms with Crippen LogP contribution in [0.5, 0.6) is 0 Å². The SMILES string of the molecule is CN(CCC1CCOCC1)C(=O)C1CC2CCCC(C1)C2N.Cl. The van der Waals surface area contributed by atoms with Gasteiger partial charge in [0.05, 0.1) is 0 Å². The lowest BCUT2D eigenvalue weighted by atomic mass is 9.65. The second-order valence-electron chi connectivity index (χ2n) is 7.80. The molecule has 2 atom stereocenters. The summed E-state index contributed by atoms with van der Waals surface area (Å²) in [6.45, 7) is 2.69. The van der Waals surface area contributed by atoms with E-state index in [-0.39, 0.29) is 18.3 Å². The summed E-state index contributed by atoms with van der Waals surface area (Å²) in [6, 6.07) is 0.352. The van der Waals surface area contributed by atoms with Crippen molar-refractivity contribution in [3.63, 3.8) is 0 Å². The van der Waals surface area contributed by atoms with Gasteiger partial charge in [0.15, 0.2) is 0 Å². The van der Waals surface area contributed by atoms with Crippen molar-refractivity contribution in [3.8, 4) is 0 Å². The Morgan fingerprint density at radius 2 is 1.74 bits per heavy atom. The van der Waals surface area contributed by atoms with E-state index in [1.807, 2.05) is 11.9 Å². The number of ether oxygens (including phenoxy) is 1. The summed E-state index contributed by atoms with van der Waals surface area (Å²) >= 11 is 0. The third kappa shape index (κ3) is 4.61. The first kappa shape index (κ1) is 19.0. The van der Waals surface area contributed by atoms with Crippen molar-refractivity contribution in [2.45, 2.75) is 57.4 Å². The molecular formula is C18H33ClN2O2. The lowest BCUT2D eigenvalue weighted by Gasteiger charge is -2.44. The van der Waals surface area contributed by atoms with Gasteiger partial charge in [0, 0.05) is 38.8 Å². The molecule has 2 N–H and O–H groups in total. The number of nitrogens with zero attached hydrogens (tertiary/aromatic N) is 1. The van der Waals surface area contributed by atoms with E-state index in [1.165, 1.54) is 19.3 Å². The van der Waals surface area contributed by atoms with E-state index in [2.05, 4.69) is 0 Å². The summed E-state index contributed by atoms with van der Waals surface area (Å²) in [7, 11) is 1.99. The molecule has 3 fully saturated rings. The van der Waals surface area contributed by atoms with Gasteiger partial charge in [-0.3, -0.25) is 4.79 Å². The van der Waals surface area contributed by atoms with E-state index in [0.717, 1.165) is 57.8 Å². The summed E-state index contributed by atoms with van der Waals surface area (Å²) < 4.78 is 5.41. The van der Waals surface area contributed by atoms with E-state index in [9.17, 15) is 4.79 Å². The molecule has 0 radical (unpaired) electrons. The minimum atomic E-state index is 0. The second kappa shape index (κ2) is 8.68. The highest BCUT2D eigenvalue weighted by molar-refractivity contribution is 5.85. The highest BCUT2D eigenvalue weighted by Crippen LogP contribution is 2.42. The maximum atomic E-state index is 12.8. The molecule has 0 aromatic rings. The van der Waals surface area contributed by atoms with Crippen LogP contribution in [0, 0.1) is 23.7 Å². The number of carbonyl (C=O) groups excluding carboxylic acids is 1. The van der Waals surface area contributed by atoms with Crippen LogP contribution in [0.1, 0.15) is 51.4 Å². The topological polar surface area (TPSA) is 55.6 Å². The summed E-state index contributed by atoms with van der Waals surface area (Å²) in [4.78, 5) is 14.8. The Morgan fingerprint density at radius 3 is 2.35 bits per heavy atom. The average Bonchev–Trinajstić information content (AvgIpc) is 2.52. The first-order valence-electron chi connectivity index (χ1n) is 9.23. The van der Waals surface area contributed by atoms with Crippen LogP contribution in [0.3, 0.4) is 0 Å². The number of hydrogen-bond donors (Lipinski definition) is 1. The zero-order valence-electron chi connectivity index (χ0n) is 14.4. The van der Waals surface area contributed by atoms with E-state index in [0.29, 0.717) is 23.8 Å². The predicted molar refractivity (Wildman–Crippen MR) is 94.6 cm³/mol. The van der Waals surface area contributed by atoms with Gasteiger partial charge in [0.2, 0.25) is 5.91 Å². The zero-order chi connectivity index (χ0) is 15.5. The maximum Gasteiger partial charge on any atom is 0.225 e. The summed E-state index contributed by atoms with van der Waals surface area (Å²) in [5, 5.41) is 0. The molecule has 1 aliphatic heterocycles. The van der Waals surface area contributed by atoms with Gasteiger partial charge in [-0.2, -0.15) is 0 Å². The van der Waals surface area contributed by atoms with Crippen molar-refractivity contribution >= 4 is 18.3 Å². The highest BCUT2D eigenvalue weighted by Gasteiger charge is 2.41. The van der Waals surface area contributed by atoms with Crippen molar-refractivity contribution in [1.29, 1.82) is 0 Å². The van der Waals surface area contributed by atoms with Gasteiger partial charge in [-0.1, -0.05) is 6.42 Å². The van der Waals surface area contributed by atoms with Crippen LogP contribution in [0.2, 0.25) is 0 Å². The Balaban J connectivity index is 0.00000192. The largest absolute Gasteiger partial charge is 0.381 e. The first-order chi connectivity index (χ1) is 10.6. The molecule has 3 aliphatic rings. The molecule has 2 saturated carbocycles. The molecule has 2 bridgehead atoms. The Labute approximate surface area is 146 Å². The predicted octanol–water partition coefficient (Wildman–Crippen LogP) is 2.84. The summed E-state index contributed by atoms with van der Waals surface area (Å²) in [5.74, 6) is 2.52. The van der Waals surface area contributed by atoms with Crippen LogP contribution in [-0.4, -0.2) is 43.7 Å². The normalized spacial score (nSPS) is 34.5. The van der Waals surface area contributed by atoms with Crippen molar-refractivity contribution in [3.05, 3.63) is 0 Å². The smallest absolute Gasteiger partial charge is 0.225 e. The van der Waals surface area contributed by atoms with Gasteiger partial charge in [-0.25, -0.2) is 0 Å². The van der Waals surface area contributed by atoms with Crippen LogP contribution in [0.15, 0.2) is 0 Å². The molecule has 23 heavy (non-hydrogen) atoms. The van der Waals surface area contributed by atoms with Crippen molar-refractivity contribution < 1.29 is 9.53 Å². The zero-order valence-corrected chi connectivity index (χ0v) is 15.2. The second-order valence-corrected chi connectivity index (χ2v) is 7.80. The lowest BCUT2D eigenvalue weighted by Crippen LogP contribution is -2.49. The number of halogens is 1. The van der Waals surface area contributed by atoms with Crippen LogP contribution in [0.4, 0.5) is 0 Å². The molecule has 1 heterocycles. The number of hydrogen-bond acceptors (Lipinski definition) is 3. The van der Waals surface area contributed by atoms with Crippen molar-refractivity contribution in [1.82, 2.24) is 4.90 Å². The van der Waals surface area contributed by atoms with Crippen LogP contribution in [-0.2, 0) is 9.53 Å². The quantitative estimate of drug-likeness (QED) is 0.853. The van der Waals surface area contributed by atoms with E-state index in [1.54, 1.807) is 0 Å². The molecule has 2 aliphatic carbocycles. The number of rotatable bonds is 4. The summed E-state index contributed by atoms with van der Waals surface area (Å²) in [6.07, 6.45) is 9.26. The molecule has 134 valence electrons. The molecule has 0 aromatic carbocycles. The van der Waals surface area contributed by atoms with Crippen LogP contribution >= 0.6 is 12.4 Å². The third-order valence-electron chi connectivity index (χ3n) is 6.35. The maximum absolute atomic E-state index is 12.8. The molecule has 1 saturated heterocycles. The Hall–Kier alpha value is -0.320. The number of fused-ring (bicyclic) bond motifs is 2. The van der Waals surface area contributed by atoms with Gasteiger partial charge < -0.3 is 15.4 Å². The fraction of sp³-hybridized carbons (Fsp3) is 0.944. The fourth-order valence-electron chi connectivity index (χ4n) is 4.82. The van der Waals surface area contributed by atoms with Gasteiger partial charge >= 0.3 is 0 Å². The van der Waals surface area contributed by atoms with E-state index >= 15 is 0 Å². The number of carbonyl (C=O) groups is 1. The molecule has 0 aromatic heterocycles. The van der Waals surface area contributed by atoms with E-state index < -0.39 is 0 Å². The molecule has 4 nitrogen and oxygen atoms in total.